The Balaban J connectivity index is 1.26. The van der Waals surface area contributed by atoms with Crippen LogP contribution in [0.5, 0.6) is 0 Å². The maximum absolute atomic E-state index is 12.9. The van der Waals surface area contributed by atoms with E-state index in [-0.39, 0.29) is 11.5 Å². The van der Waals surface area contributed by atoms with Crippen molar-refractivity contribution >= 4 is 5.78 Å². The van der Waals surface area contributed by atoms with Gasteiger partial charge in [-0.25, -0.2) is 0 Å². The van der Waals surface area contributed by atoms with E-state index >= 15 is 0 Å². The summed E-state index contributed by atoms with van der Waals surface area (Å²) < 4.78 is 6.28. The normalized spacial score (nSPS) is 55.2. The Morgan fingerprint density at radius 3 is 2.21 bits per heavy atom. The van der Waals surface area contributed by atoms with Gasteiger partial charge in [0.25, 0.3) is 0 Å². The Kier molecular flexibility index (Phi) is 4.65. The summed E-state index contributed by atoms with van der Waals surface area (Å²) in [5, 5.41) is 10.4. The zero-order valence-corrected chi connectivity index (χ0v) is 22.1. The van der Waals surface area contributed by atoms with Gasteiger partial charge in [0, 0.05) is 11.8 Å². The Bertz CT molecular complexity index is 847. The van der Waals surface area contributed by atoms with Gasteiger partial charge in [0.05, 0.1) is 18.3 Å². The highest BCUT2D eigenvalue weighted by Crippen LogP contribution is 2.88. The molecule has 3 heteroatoms. The molecule has 6 rings (SSSR count). The number of fused-ring (bicyclic) bond motifs is 2. The van der Waals surface area contributed by atoms with Gasteiger partial charge in [-0.05, 0) is 123 Å². The molecule has 0 aromatic carbocycles. The van der Waals surface area contributed by atoms with Crippen LogP contribution in [0.4, 0.5) is 0 Å². The molecule has 0 aromatic heterocycles. The molecule has 6 fully saturated rings. The van der Waals surface area contributed by atoms with Crippen molar-refractivity contribution in [1.29, 1.82) is 0 Å². The molecule has 0 aromatic rings. The molecule has 33 heavy (non-hydrogen) atoms. The van der Waals surface area contributed by atoms with Gasteiger partial charge in [-0.2, -0.15) is 0 Å². The average Bonchev–Trinajstić information content (AvgIpc) is 3.33. The molecule has 0 radical (unpaired) electrons. The van der Waals surface area contributed by atoms with Crippen LogP contribution in [0.1, 0.15) is 112 Å². The quantitative estimate of drug-likeness (QED) is 0.512. The SMILES string of the molecule is CC(C)(O)[C@@H]1CC[C@H]([C@H]2CC[C@@]3(C)[C@@H]4CC[C@H]5C(C)(C)C(=O)CC[C@@]56C[C@@]46CC[C@]23C)CO1. The molecule has 5 aliphatic carbocycles. The highest BCUT2D eigenvalue weighted by Gasteiger charge is 2.82. The fourth-order valence-electron chi connectivity index (χ4n) is 11.6. The van der Waals surface area contributed by atoms with Gasteiger partial charge in [0.15, 0.2) is 0 Å². The summed E-state index contributed by atoms with van der Waals surface area (Å²) in [6, 6.07) is 0. The van der Waals surface area contributed by atoms with Gasteiger partial charge < -0.3 is 9.84 Å². The molecule has 1 aliphatic heterocycles. The van der Waals surface area contributed by atoms with Crippen LogP contribution in [0, 0.1) is 50.7 Å². The Hall–Kier alpha value is -0.410. The molecular formula is C30H48O3. The summed E-state index contributed by atoms with van der Waals surface area (Å²) in [6.07, 6.45) is 13.8. The highest BCUT2D eigenvalue weighted by atomic mass is 16.5. The number of carbonyl (C=O) groups is 1. The first-order valence-corrected chi connectivity index (χ1v) is 14.2. The number of aliphatic hydroxyl groups is 1. The second kappa shape index (κ2) is 6.67. The summed E-state index contributed by atoms with van der Waals surface area (Å²) in [5.74, 6) is 3.42. The van der Waals surface area contributed by atoms with Gasteiger partial charge in [-0.3, -0.25) is 4.79 Å². The van der Waals surface area contributed by atoms with Crippen LogP contribution in [0.15, 0.2) is 0 Å². The third-order valence-electron chi connectivity index (χ3n) is 13.6. The van der Waals surface area contributed by atoms with Crippen molar-refractivity contribution < 1.29 is 14.6 Å². The van der Waals surface area contributed by atoms with Gasteiger partial charge in [-0.15, -0.1) is 0 Å². The number of rotatable bonds is 2. The number of ether oxygens (including phenoxy) is 1. The molecule has 9 atom stereocenters. The molecule has 3 nitrogen and oxygen atoms in total. The summed E-state index contributed by atoms with van der Waals surface area (Å²) in [6.45, 7) is 14.5. The maximum atomic E-state index is 12.9. The van der Waals surface area contributed by atoms with Crippen molar-refractivity contribution in [3.8, 4) is 0 Å². The zero-order chi connectivity index (χ0) is 23.7. The van der Waals surface area contributed by atoms with Crippen LogP contribution in [0.25, 0.3) is 0 Å². The molecule has 1 saturated heterocycles. The minimum atomic E-state index is -0.732. The van der Waals surface area contributed by atoms with Gasteiger partial charge in [-0.1, -0.05) is 27.7 Å². The second-order valence-corrected chi connectivity index (χ2v) is 15.1. The lowest BCUT2D eigenvalue weighted by Crippen LogP contribution is -2.57. The predicted octanol–water partition coefficient (Wildman–Crippen LogP) is 6.56. The second-order valence-electron chi connectivity index (χ2n) is 15.1. The van der Waals surface area contributed by atoms with E-state index in [9.17, 15) is 9.90 Å². The van der Waals surface area contributed by atoms with Crippen molar-refractivity contribution in [3.63, 3.8) is 0 Å². The monoisotopic (exact) mass is 456 g/mol. The predicted molar refractivity (Wildman–Crippen MR) is 131 cm³/mol. The molecule has 5 saturated carbocycles. The first kappa shape index (κ1) is 23.0. The summed E-state index contributed by atoms with van der Waals surface area (Å²) in [4.78, 5) is 12.9. The fourth-order valence-corrected chi connectivity index (χ4v) is 11.6. The number of carbonyl (C=O) groups excluding carboxylic acids is 1. The molecule has 1 heterocycles. The molecular weight excluding hydrogens is 408 g/mol. The molecule has 0 unspecified atom stereocenters. The molecule has 0 amide bonds. The Morgan fingerprint density at radius 1 is 0.848 bits per heavy atom. The minimum Gasteiger partial charge on any atom is -0.388 e. The van der Waals surface area contributed by atoms with Gasteiger partial charge in [0.2, 0.25) is 0 Å². The summed E-state index contributed by atoms with van der Waals surface area (Å²) >= 11 is 0. The van der Waals surface area contributed by atoms with Crippen LogP contribution in [0.3, 0.4) is 0 Å². The van der Waals surface area contributed by atoms with E-state index < -0.39 is 5.60 Å². The van der Waals surface area contributed by atoms with Crippen LogP contribution < -0.4 is 0 Å². The molecule has 0 bridgehead atoms. The first-order chi connectivity index (χ1) is 15.3. The van der Waals surface area contributed by atoms with Crippen LogP contribution in [0.2, 0.25) is 0 Å². The average molecular weight is 457 g/mol. The smallest absolute Gasteiger partial charge is 0.138 e. The van der Waals surface area contributed by atoms with E-state index in [4.69, 9.17) is 4.74 Å². The van der Waals surface area contributed by atoms with Crippen molar-refractivity contribution in [2.75, 3.05) is 6.61 Å². The van der Waals surface area contributed by atoms with E-state index in [0.717, 1.165) is 31.3 Å². The molecule has 186 valence electrons. The van der Waals surface area contributed by atoms with Crippen molar-refractivity contribution in [2.45, 2.75) is 124 Å². The minimum absolute atomic E-state index is 0.0112. The van der Waals surface area contributed by atoms with Crippen LogP contribution >= 0.6 is 0 Å². The number of hydrogen-bond donors (Lipinski definition) is 1. The van der Waals surface area contributed by atoms with Crippen molar-refractivity contribution in [1.82, 2.24) is 0 Å². The van der Waals surface area contributed by atoms with Gasteiger partial charge >= 0.3 is 0 Å². The summed E-state index contributed by atoms with van der Waals surface area (Å²) in [5.41, 5.74) is 1.02. The standard InChI is InChI=1S/C30H48O3/c1-25(2)21-8-9-22-28(6)13-11-20(19-7-10-24(33-17-19)26(3,4)32)27(28,5)15-16-30(22)18-29(21,30)14-12-23(25)31/h19-22,24,32H,7-18H2,1-6H3/t19-,20+,21-,22-,24-,27+,28-,29+,30-/m0/s1. The third kappa shape index (κ3) is 2.68. The van der Waals surface area contributed by atoms with E-state index in [2.05, 4.69) is 27.7 Å². The molecule has 6 aliphatic rings. The lowest BCUT2D eigenvalue weighted by Gasteiger charge is -2.63. The number of Topliss-reactive ketones (excluding diaryl/α,β-unsaturated/α-hetero) is 1. The molecule has 1 N–H and O–H groups in total. The number of ketones is 1. The molecule has 2 spiro atoms. The topological polar surface area (TPSA) is 46.5 Å². The van der Waals surface area contributed by atoms with E-state index in [0.29, 0.717) is 39.3 Å². The largest absolute Gasteiger partial charge is 0.388 e. The first-order valence-electron chi connectivity index (χ1n) is 14.2. The van der Waals surface area contributed by atoms with E-state index in [1.54, 1.807) is 0 Å². The van der Waals surface area contributed by atoms with Gasteiger partial charge in [0.1, 0.15) is 5.78 Å². The van der Waals surface area contributed by atoms with Crippen LogP contribution in [-0.4, -0.2) is 29.2 Å². The number of hydrogen-bond acceptors (Lipinski definition) is 3. The third-order valence-corrected chi connectivity index (χ3v) is 13.6. The zero-order valence-electron chi connectivity index (χ0n) is 22.1. The lowest BCUT2D eigenvalue weighted by molar-refractivity contribution is -0.166. The lowest BCUT2D eigenvalue weighted by atomic mass is 9.42. The highest BCUT2D eigenvalue weighted by molar-refractivity contribution is 5.86. The van der Waals surface area contributed by atoms with Crippen LogP contribution in [-0.2, 0) is 9.53 Å². The maximum Gasteiger partial charge on any atom is 0.138 e. The van der Waals surface area contributed by atoms with Crippen molar-refractivity contribution in [2.24, 2.45) is 50.7 Å². The fraction of sp³-hybridized carbons (Fsp3) is 0.967. The summed E-state index contributed by atoms with van der Waals surface area (Å²) in [7, 11) is 0. The van der Waals surface area contributed by atoms with E-state index in [1.807, 2.05) is 13.8 Å². The van der Waals surface area contributed by atoms with E-state index in [1.165, 1.54) is 57.8 Å². The Labute approximate surface area is 201 Å². The van der Waals surface area contributed by atoms with Crippen molar-refractivity contribution in [3.05, 3.63) is 0 Å². The Morgan fingerprint density at radius 2 is 1.55 bits per heavy atom.